The van der Waals surface area contributed by atoms with Crippen molar-refractivity contribution in [1.29, 1.82) is 0 Å². The normalized spacial score (nSPS) is 15.6. The van der Waals surface area contributed by atoms with E-state index in [-0.39, 0.29) is 17.7 Å². The van der Waals surface area contributed by atoms with Crippen molar-refractivity contribution in [2.75, 3.05) is 11.9 Å². The molecule has 1 saturated carbocycles. The van der Waals surface area contributed by atoms with Gasteiger partial charge in [-0.2, -0.15) is 4.98 Å². The third-order valence-corrected chi connectivity index (χ3v) is 2.85. The first-order chi connectivity index (χ1) is 8.70. The number of aromatic nitrogens is 2. The lowest BCUT2D eigenvalue weighted by atomic mass is 10.3. The highest BCUT2D eigenvalue weighted by Gasteiger charge is 2.24. The summed E-state index contributed by atoms with van der Waals surface area (Å²) in [5.74, 6) is 0.425. The van der Waals surface area contributed by atoms with Crippen LogP contribution in [0, 0.1) is 10.1 Å². The van der Waals surface area contributed by atoms with Gasteiger partial charge in [0.15, 0.2) is 0 Å². The van der Waals surface area contributed by atoms with E-state index in [1.807, 2.05) is 6.92 Å². The fourth-order valence-electron chi connectivity index (χ4n) is 1.98. The lowest BCUT2D eigenvalue weighted by molar-refractivity contribution is -0.386. The van der Waals surface area contributed by atoms with Crippen molar-refractivity contribution < 1.29 is 9.66 Å². The zero-order chi connectivity index (χ0) is 13.0. The second kappa shape index (κ2) is 5.61. The van der Waals surface area contributed by atoms with Crippen LogP contribution in [0.2, 0.25) is 0 Å². The van der Waals surface area contributed by atoms with E-state index in [0.29, 0.717) is 12.5 Å². The molecule has 0 spiro atoms. The minimum atomic E-state index is -0.514. The van der Waals surface area contributed by atoms with Crippen LogP contribution >= 0.6 is 0 Å². The molecule has 0 bridgehead atoms. The predicted octanol–water partition coefficient (Wildman–Crippen LogP) is 2.14. The quantitative estimate of drug-likeness (QED) is 0.637. The van der Waals surface area contributed by atoms with Gasteiger partial charge in [-0.25, -0.2) is 4.98 Å². The monoisotopic (exact) mass is 252 g/mol. The fourth-order valence-corrected chi connectivity index (χ4v) is 1.98. The summed E-state index contributed by atoms with van der Waals surface area (Å²) >= 11 is 0. The highest BCUT2D eigenvalue weighted by atomic mass is 16.6. The molecule has 1 heterocycles. The van der Waals surface area contributed by atoms with Crippen LogP contribution in [0.25, 0.3) is 0 Å². The number of nitrogens with one attached hydrogen (secondary N) is 1. The zero-order valence-electron chi connectivity index (χ0n) is 10.3. The van der Waals surface area contributed by atoms with E-state index in [0.717, 1.165) is 25.7 Å². The van der Waals surface area contributed by atoms with Crippen molar-refractivity contribution >= 4 is 11.6 Å². The number of ether oxygens (including phenoxy) is 1. The Morgan fingerprint density at radius 2 is 2.28 bits per heavy atom. The molecule has 1 fully saturated rings. The van der Waals surface area contributed by atoms with E-state index < -0.39 is 4.92 Å². The number of hydrogen-bond donors (Lipinski definition) is 1. The van der Waals surface area contributed by atoms with E-state index in [4.69, 9.17) is 4.74 Å². The predicted molar refractivity (Wildman–Crippen MR) is 65.7 cm³/mol. The lowest BCUT2D eigenvalue weighted by Gasteiger charge is -2.12. The Balaban J connectivity index is 2.21. The highest BCUT2D eigenvalue weighted by molar-refractivity contribution is 5.43. The van der Waals surface area contributed by atoms with Crippen LogP contribution in [0.5, 0.6) is 5.88 Å². The first kappa shape index (κ1) is 12.5. The minimum absolute atomic E-state index is 0.0353. The van der Waals surface area contributed by atoms with E-state index in [1.165, 1.54) is 6.20 Å². The molecule has 7 nitrogen and oxygen atoms in total. The van der Waals surface area contributed by atoms with Crippen molar-refractivity contribution in [3.05, 3.63) is 16.3 Å². The molecular weight excluding hydrogens is 236 g/mol. The standard InChI is InChI=1S/C11H16N4O3/c1-2-12-11-13-7-9(15(16)17)10(14-11)18-8-5-3-4-6-8/h7-8H,2-6H2,1H3,(H,12,13,14). The van der Waals surface area contributed by atoms with Gasteiger partial charge >= 0.3 is 5.69 Å². The molecule has 1 aromatic rings. The summed E-state index contributed by atoms with van der Waals surface area (Å²) in [5, 5.41) is 13.8. The molecule has 0 aromatic carbocycles. The maximum Gasteiger partial charge on any atom is 0.349 e. The van der Waals surface area contributed by atoms with E-state index in [1.54, 1.807) is 0 Å². The molecule has 0 saturated heterocycles. The van der Waals surface area contributed by atoms with Crippen LogP contribution in [0.3, 0.4) is 0 Å². The zero-order valence-corrected chi connectivity index (χ0v) is 10.3. The molecule has 7 heteroatoms. The smallest absolute Gasteiger partial charge is 0.349 e. The Labute approximate surface area is 105 Å². The van der Waals surface area contributed by atoms with Gasteiger partial charge in [0.25, 0.3) is 5.88 Å². The molecule has 0 amide bonds. The van der Waals surface area contributed by atoms with E-state index in [2.05, 4.69) is 15.3 Å². The van der Waals surface area contributed by atoms with Crippen molar-refractivity contribution in [2.24, 2.45) is 0 Å². The highest BCUT2D eigenvalue weighted by Crippen LogP contribution is 2.29. The van der Waals surface area contributed by atoms with Crippen molar-refractivity contribution in [3.63, 3.8) is 0 Å². The Hall–Kier alpha value is -1.92. The molecule has 18 heavy (non-hydrogen) atoms. The van der Waals surface area contributed by atoms with Crippen LogP contribution in [-0.4, -0.2) is 27.5 Å². The number of anilines is 1. The summed E-state index contributed by atoms with van der Waals surface area (Å²) in [6.45, 7) is 2.56. The molecule has 0 atom stereocenters. The first-order valence-corrected chi connectivity index (χ1v) is 6.12. The second-order valence-corrected chi connectivity index (χ2v) is 4.20. The van der Waals surface area contributed by atoms with Crippen LogP contribution in [-0.2, 0) is 0 Å². The summed E-state index contributed by atoms with van der Waals surface area (Å²) in [6.07, 6.45) is 5.28. The van der Waals surface area contributed by atoms with E-state index >= 15 is 0 Å². The third-order valence-electron chi connectivity index (χ3n) is 2.85. The van der Waals surface area contributed by atoms with Crippen LogP contribution in [0.1, 0.15) is 32.6 Å². The molecule has 2 rings (SSSR count). The fraction of sp³-hybridized carbons (Fsp3) is 0.636. The largest absolute Gasteiger partial charge is 0.469 e. The maximum atomic E-state index is 10.9. The Bertz CT molecular complexity index is 432. The number of nitrogens with zero attached hydrogens (tertiary/aromatic N) is 3. The van der Waals surface area contributed by atoms with Gasteiger partial charge in [-0.3, -0.25) is 10.1 Å². The summed E-state index contributed by atoms with van der Waals surface area (Å²) in [7, 11) is 0. The number of hydrogen-bond acceptors (Lipinski definition) is 6. The third kappa shape index (κ3) is 2.85. The molecule has 98 valence electrons. The van der Waals surface area contributed by atoms with Crippen LogP contribution < -0.4 is 10.1 Å². The van der Waals surface area contributed by atoms with Gasteiger partial charge in [-0.05, 0) is 32.6 Å². The van der Waals surface area contributed by atoms with Crippen molar-refractivity contribution in [1.82, 2.24) is 9.97 Å². The molecule has 0 unspecified atom stereocenters. The van der Waals surface area contributed by atoms with Crippen LogP contribution in [0.15, 0.2) is 6.20 Å². The molecule has 1 aliphatic carbocycles. The number of nitro groups is 1. The summed E-state index contributed by atoms with van der Waals surface area (Å²) in [4.78, 5) is 18.3. The number of rotatable bonds is 5. The minimum Gasteiger partial charge on any atom is -0.469 e. The Kier molecular flexibility index (Phi) is 3.91. The SMILES string of the molecule is CCNc1ncc([N+](=O)[O-])c(OC2CCCC2)n1. The lowest BCUT2D eigenvalue weighted by Crippen LogP contribution is -2.14. The second-order valence-electron chi connectivity index (χ2n) is 4.20. The van der Waals surface area contributed by atoms with Gasteiger partial charge in [0.1, 0.15) is 12.3 Å². The maximum absolute atomic E-state index is 10.9. The van der Waals surface area contributed by atoms with Crippen molar-refractivity contribution in [2.45, 2.75) is 38.7 Å². The summed E-state index contributed by atoms with van der Waals surface area (Å²) in [6, 6.07) is 0. The average molecular weight is 252 g/mol. The molecular formula is C11H16N4O3. The molecule has 1 aliphatic rings. The van der Waals surface area contributed by atoms with Crippen molar-refractivity contribution in [3.8, 4) is 5.88 Å². The first-order valence-electron chi connectivity index (χ1n) is 6.12. The van der Waals surface area contributed by atoms with Gasteiger partial charge in [-0.1, -0.05) is 0 Å². The molecule has 1 aromatic heterocycles. The van der Waals surface area contributed by atoms with Gasteiger partial charge < -0.3 is 10.1 Å². The van der Waals surface area contributed by atoms with Crippen LogP contribution in [0.4, 0.5) is 11.6 Å². The van der Waals surface area contributed by atoms with Gasteiger partial charge in [0.2, 0.25) is 5.95 Å². The van der Waals surface area contributed by atoms with Gasteiger partial charge in [-0.15, -0.1) is 0 Å². The van der Waals surface area contributed by atoms with Gasteiger partial charge in [0.05, 0.1) is 4.92 Å². The summed E-state index contributed by atoms with van der Waals surface area (Å²) in [5.41, 5.74) is -0.177. The summed E-state index contributed by atoms with van der Waals surface area (Å²) < 4.78 is 5.62. The molecule has 0 radical (unpaired) electrons. The molecule has 1 N–H and O–H groups in total. The Morgan fingerprint density at radius 1 is 1.56 bits per heavy atom. The average Bonchev–Trinajstić information content (AvgIpc) is 2.82. The van der Waals surface area contributed by atoms with E-state index in [9.17, 15) is 10.1 Å². The molecule has 0 aliphatic heterocycles. The topological polar surface area (TPSA) is 90.2 Å². The van der Waals surface area contributed by atoms with Gasteiger partial charge in [0, 0.05) is 6.54 Å². The Morgan fingerprint density at radius 3 is 2.89 bits per heavy atom.